The molecule has 0 saturated carbocycles. The van der Waals surface area contributed by atoms with Crippen molar-refractivity contribution in [1.82, 2.24) is 0 Å². The molecule has 12 aromatic rings. The van der Waals surface area contributed by atoms with Crippen LogP contribution in [0.25, 0.3) is 76.2 Å². The zero-order chi connectivity index (χ0) is 47.6. The van der Waals surface area contributed by atoms with Gasteiger partial charge in [-0.1, -0.05) is 176 Å². The largest absolute Gasteiger partial charge is 0.454 e. The highest BCUT2D eigenvalue weighted by molar-refractivity contribution is 6.28. The molecule has 4 nitrogen and oxygen atoms in total. The van der Waals surface area contributed by atoms with Gasteiger partial charge in [0.2, 0.25) is 0 Å². The fourth-order valence-electron chi connectivity index (χ4n) is 11.2. The number of hydrogen-bond acceptors (Lipinski definition) is 4. The molecule has 70 heavy (non-hydrogen) atoms. The van der Waals surface area contributed by atoms with E-state index in [0.29, 0.717) is 11.8 Å². The zero-order valence-corrected chi connectivity index (χ0v) is 41.3. The summed E-state index contributed by atoms with van der Waals surface area (Å²) < 4.78 is 14.2. The number of unbranched alkanes of at least 4 members (excludes halogenated alkanes) is 2. The highest BCUT2D eigenvalue weighted by atomic mass is 16.3. The molecular formula is C66H60N2O2. The molecule has 0 spiro atoms. The van der Waals surface area contributed by atoms with E-state index in [1.165, 1.54) is 65.3 Å². The molecule has 0 aliphatic carbocycles. The van der Waals surface area contributed by atoms with Crippen molar-refractivity contribution in [3.63, 3.8) is 0 Å². The summed E-state index contributed by atoms with van der Waals surface area (Å²) in [5.41, 5.74) is 15.4. The van der Waals surface area contributed by atoms with Gasteiger partial charge in [-0.25, -0.2) is 0 Å². The molecule has 0 saturated heterocycles. The van der Waals surface area contributed by atoms with Crippen molar-refractivity contribution in [2.45, 2.75) is 91.9 Å². The summed E-state index contributed by atoms with van der Waals surface area (Å²) in [6.45, 7) is 13.6. The van der Waals surface area contributed by atoms with E-state index in [0.717, 1.165) is 106 Å². The fraction of sp³-hybridized carbons (Fsp3) is 0.212. The van der Waals surface area contributed by atoms with Crippen LogP contribution >= 0.6 is 0 Å². The average Bonchev–Trinajstić information content (AvgIpc) is 3.98. The molecule has 0 atom stereocenters. The van der Waals surface area contributed by atoms with Gasteiger partial charge in [-0.05, 0) is 130 Å². The van der Waals surface area contributed by atoms with Gasteiger partial charge in [0.05, 0.1) is 22.7 Å². The van der Waals surface area contributed by atoms with Crippen LogP contribution in [0.4, 0.5) is 34.1 Å². The van der Waals surface area contributed by atoms with E-state index in [9.17, 15) is 0 Å². The maximum atomic E-state index is 7.09. The molecule has 0 aliphatic heterocycles. The van der Waals surface area contributed by atoms with Crippen molar-refractivity contribution < 1.29 is 8.83 Å². The van der Waals surface area contributed by atoms with Crippen LogP contribution in [0.15, 0.2) is 179 Å². The topological polar surface area (TPSA) is 32.8 Å². The maximum Gasteiger partial charge on any atom is 0.159 e. The van der Waals surface area contributed by atoms with Gasteiger partial charge < -0.3 is 18.6 Å². The minimum absolute atomic E-state index is 0.418. The van der Waals surface area contributed by atoms with E-state index in [1.807, 2.05) is 0 Å². The van der Waals surface area contributed by atoms with Crippen LogP contribution in [0.2, 0.25) is 0 Å². The second kappa shape index (κ2) is 17.8. The van der Waals surface area contributed by atoms with Gasteiger partial charge in [-0.2, -0.15) is 0 Å². The van der Waals surface area contributed by atoms with Gasteiger partial charge in [-0.3, -0.25) is 0 Å². The molecule has 0 unspecified atom stereocenters. The number of fused-ring (bicyclic) bond motifs is 6. The molecule has 12 rings (SSSR count). The van der Waals surface area contributed by atoms with Gasteiger partial charge >= 0.3 is 0 Å². The first kappa shape index (κ1) is 43.7. The van der Waals surface area contributed by atoms with E-state index >= 15 is 0 Å². The Labute approximate surface area is 411 Å². The summed E-state index contributed by atoms with van der Waals surface area (Å²) >= 11 is 0. The summed E-state index contributed by atoms with van der Waals surface area (Å²) in [5, 5.41) is 11.9. The van der Waals surface area contributed by atoms with Crippen LogP contribution < -0.4 is 9.80 Å². The van der Waals surface area contributed by atoms with E-state index in [2.05, 4.69) is 221 Å². The minimum Gasteiger partial charge on any atom is -0.454 e. The van der Waals surface area contributed by atoms with Gasteiger partial charge in [0, 0.05) is 43.7 Å². The SMILES string of the molecule is CCCCc1cccc2c1oc1c(N(c3ccc(C(C)C)cc3)c3ccc4ccc5c(N(c6ccc(C(C)C)cc6)c6cccc7c6oc6c(CCCC)cccc67)ccc6ccc3c4c65)cccc12. The first-order valence-corrected chi connectivity index (χ1v) is 25.7. The lowest BCUT2D eigenvalue weighted by atomic mass is 9.91. The zero-order valence-electron chi connectivity index (χ0n) is 41.3. The number of benzene rings is 10. The van der Waals surface area contributed by atoms with Crippen LogP contribution in [-0.2, 0) is 12.8 Å². The van der Waals surface area contributed by atoms with E-state index in [-0.39, 0.29) is 0 Å². The predicted octanol–water partition coefficient (Wildman–Crippen LogP) is 20.3. The van der Waals surface area contributed by atoms with Gasteiger partial charge in [0.1, 0.15) is 11.2 Å². The second-order valence-electron chi connectivity index (χ2n) is 20.1. The summed E-state index contributed by atoms with van der Waals surface area (Å²) in [7, 11) is 0. The highest BCUT2D eigenvalue weighted by Crippen LogP contribution is 2.51. The predicted molar refractivity (Wildman–Crippen MR) is 299 cm³/mol. The fourth-order valence-corrected chi connectivity index (χ4v) is 11.2. The average molecular weight is 913 g/mol. The lowest BCUT2D eigenvalue weighted by Crippen LogP contribution is -2.12. The quantitative estimate of drug-likeness (QED) is 0.102. The maximum absolute atomic E-state index is 7.09. The van der Waals surface area contributed by atoms with Crippen molar-refractivity contribution in [2.24, 2.45) is 0 Å². The minimum atomic E-state index is 0.418. The summed E-state index contributed by atoms with van der Waals surface area (Å²) in [4.78, 5) is 4.87. The number of rotatable bonds is 14. The number of anilines is 6. The Hall–Kier alpha value is -7.56. The van der Waals surface area contributed by atoms with Crippen molar-refractivity contribution in [2.75, 3.05) is 9.80 Å². The van der Waals surface area contributed by atoms with Gasteiger partial charge in [0.25, 0.3) is 0 Å². The Morgan fingerprint density at radius 1 is 0.357 bits per heavy atom. The van der Waals surface area contributed by atoms with Crippen LogP contribution in [0.3, 0.4) is 0 Å². The van der Waals surface area contributed by atoms with Crippen LogP contribution in [0.1, 0.15) is 101 Å². The van der Waals surface area contributed by atoms with Crippen LogP contribution in [0, 0.1) is 0 Å². The number of furan rings is 2. The molecule has 10 aromatic carbocycles. The van der Waals surface area contributed by atoms with Gasteiger partial charge in [0.15, 0.2) is 11.2 Å². The Balaban J connectivity index is 1.10. The summed E-state index contributed by atoms with van der Waals surface area (Å²) in [6, 6.07) is 63.4. The second-order valence-corrected chi connectivity index (χ2v) is 20.1. The molecule has 0 fully saturated rings. The highest BCUT2D eigenvalue weighted by Gasteiger charge is 2.26. The molecule has 4 heteroatoms. The molecule has 346 valence electrons. The molecule has 0 radical (unpaired) electrons. The number of nitrogens with zero attached hydrogens (tertiary/aromatic N) is 2. The van der Waals surface area contributed by atoms with Crippen LogP contribution in [-0.4, -0.2) is 0 Å². The number of para-hydroxylation sites is 4. The Morgan fingerprint density at radius 3 is 1.11 bits per heavy atom. The van der Waals surface area contributed by atoms with Crippen molar-refractivity contribution in [3.8, 4) is 0 Å². The summed E-state index contributed by atoms with van der Waals surface area (Å²) in [5.74, 6) is 0.836. The monoisotopic (exact) mass is 912 g/mol. The molecule has 2 heterocycles. The third-order valence-corrected chi connectivity index (χ3v) is 15.0. The Bertz CT molecular complexity index is 3620. The van der Waals surface area contributed by atoms with E-state index in [4.69, 9.17) is 8.83 Å². The summed E-state index contributed by atoms with van der Waals surface area (Å²) in [6.07, 6.45) is 6.51. The lowest BCUT2D eigenvalue weighted by Gasteiger charge is -2.29. The molecular weight excluding hydrogens is 853 g/mol. The van der Waals surface area contributed by atoms with Crippen molar-refractivity contribution in [1.29, 1.82) is 0 Å². The molecule has 0 bridgehead atoms. The molecule has 2 aromatic heterocycles. The third kappa shape index (κ3) is 7.18. The Morgan fingerprint density at radius 2 is 0.729 bits per heavy atom. The first-order chi connectivity index (χ1) is 34.3. The Kier molecular flexibility index (Phi) is 11.1. The van der Waals surface area contributed by atoms with Crippen LogP contribution in [0.5, 0.6) is 0 Å². The molecule has 0 amide bonds. The van der Waals surface area contributed by atoms with E-state index < -0.39 is 0 Å². The number of hydrogen-bond donors (Lipinski definition) is 0. The van der Waals surface area contributed by atoms with Crippen molar-refractivity contribution >= 4 is 110 Å². The normalized spacial score (nSPS) is 12.2. The van der Waals surface area contributed by atoms with Gasteiger partial charge in [-0.15, -0.1) is 0 Å². The van der Waals surface area contributed by atoms with Crippen molar-refractivity contribution in [3.05, 3.63) is 192 Å². The molecule has 0 N–H and O–H groups in total. The standard InChI is InChI=1S/C66H60N2O2/c1-7-9-15-47-17-11-19-51-53-21-13-23-59(65(53)69-63(47)51)67(49-33-25-43(26-34-49)41(3)4)57-39-31-45-30-38-56-58(40-32-46-29-37-55(57)61(45)62(46)56)68(50-35-27-44(28-36-50)42(5)6)60-24-14-22-54-52-20-12-18-48(16-10-8-2)64(52)70-66(54)60/h11-14,17-42H,7-10,15-16H2,1-6H3. The lowest BCUT2D eigenvalue weighted by molar-refractivity contribution is 0.658. The smallest absolute Gasteiger partial charge is 0.159 e. The third-order valence-electron chi connectivity index (χ3n) is 15.0. The molecule has 0 aliphatic rings. The first-order valence-electron chi connectivity index (χ1n) is 25.7. The van der Waals surface area contributed by atoms with E-state index in [1.54, 1.807) is 0 Å². The number of aryl methyl sites for hydroxylation is 2.